The Kier molecular flexibility index (Phi) is 4.14. The monoisotopic (exact) mass is 204 g/mol. The van der Waals surface area contributed by atoms with Crippen LogP contribution in [0.5, 0.6) is 0 Å². The van der Waals surface area contributed by atoms with Gasteiger partial charge in [-0.3, -0.25) is 0 Å². The van der Waals surface area contributed by atoms with Crippen LogP contribution in [0.25, 0.3) is 0 Å². The second kappa shape index (κ2) is 5.38. The van der Waals surface area contributed by atoms with Crippen molar-refractivity contribution in [3.63, 3.8) is 0 Å². The van der Waals surface area contributed by atoms with E-state index >= 15 is 0 Å². The number of benzene rings is 1. The van der Waals surface area contributed by atoms with Crippen molar-refractivity contribution < 1.29 is 4.74 Å². The maximum Gasteiger partial charge on any atom is 0.101 e. The Hall–Kier alpha value is -1.53. The molecule has 1 aromatic carbocycles. The summed E-state index contributed by atoms with van der Waals surface area (Å²) in [5.41, 5.74) is 1.65. The zero-order valence-corrected chi connectivity index (χ0v) is 9.40. The summed E-state index contributed by atoms with van der Waals surface area (Å²) in [5.74, 6) is 0. The first-order valence-electron chi connectivity index (χ1n) is 4.92. The topological polar surface area (TPSA) is 36.3 Å². The normalized spacial score (nSPS) is 11.9. The molecule has 0 bridgehead atoms. The molecule has 0 N–H and O–H groups in total. The SMILES string of the molecule is COC(C)CN(C)c1ccccc1C#N. The van der Waals surface area contributed by atoms with E-state index < -0.39 is 0 Å². The van der Waals surface area contributed by atoms with Gasteiger partial charge in [-0.05, 0) is 19.1 Å². The molecule has 0 fully saturated rings. The Balaban J connectivity index is 2.82. The van der Waals surface area contributed by atoms with Gasteiger partial charge < -0.3 is 9.64 Å². The molecule has 0 aliphatic heterocycles. The molecule has 15 heavy (non-hydrogen) atoms. The van der Waals surface area contributed by atoms with Gasteiger partial charge in [0.15, 0.2) is 0 Å². The van der Waals surface area contributed by atoms with Gasteiger partial charge in [0.2, 0.25) is 0 Å². The molecule has 1 unspecified atom stereocenters. The molecule has 1 atom stereocenters. The number of hydrogen-bond acceptors (Lipinski definition) is 3. The minimum absolute atomic E-state index is 0.154. The maximum absolute atomic E-state index is 8.95. The molecule has 80 valence electrons. The zero-order chi connectivity index (χ0) is 11.3. The largest absolute Gasteiger partial charge is 0.380 e. The quantitative estimate of drug-likeness (QED) is 0.753. The van der Waals surface area contributed by atoms with Gasteiger partial charge in [-0.15, -0.1) is 0 Å². The first kappa shape index (κ1) is 11.5. The molecule has 1 rings (SSSR count). The van der Waals surface area contributed by atoms with E-state index in [1.54, 1.807) is 7.11 Å². The van der Waals surface area contributed by atoms with Crippen LogP contribution in [0.2, 0.25) is 0 Å². The summed E-state index contributed by atoms with van der Waals surface area (Å²) in [4.78, 5) is 2.03. The highest BCUT2D eigenvalue weighted by Crippen LogP contribution is 2.18. The summed E-state index contributed by atoms with van der Waals surface area (Å²) < 4.78 is 5.19. The molecule has 0 spiro atoms. The Bertz CT molecular complexity index is 357. The number of methoxy groups -OCH3 is 1. The average molecular weight is 204 g/mol. The number of anilines is 1. The summed E-state index contributed by atoms with van der Waals surface area (Å²) in [6, 6.07) is 9.76. The van der Waals surface area contributed by atoms with E-state index in [1.165, 1.54) is 0 Å². The number of para-hydroxylation sites is 1. The molecular formula is C12H16N2O. The van der Waals surface area contributed by atoms with Crippen molar-refractivity contribution in [3.8, 4) is 6.07 Å². The number of rotatable bonds is 4. The van der Waals surface area contributed by atoms with Gasteiger partial charge in [-0.25, -0.2) is 0 Å². The first-order valence-corrected chi connectivity index (χ1v) is 4.92. The predicted molar refractivity (Wildman–Crippen MR) is 60.9 cm³/mol. The molecule has 3 nitrogen and oxygen atoms in total. The summed E-state index contributed by atoms with van der Waals surface area (Å²) in [6.07, 6.45) is 0.154. The highest BCUT2D eigenvalue weighted by molar-refractivity contribution is 5.58. The van der Waals surface area contributed by atoms with E-state index in [4.69, 9.17) is 10.00 Å². The van der Waals surface area contributed by atoms with Gasteiger partial charge in [0.05, 0.1) is 17.4 Å². The van der Waals surface area contributed by atoms with Crippen molar-refractivity contribution in [1.82, 2.24) is 0 Å². The van der Waals surface area contributed by atoms with Gasteiger partial charge in [-0.1, -0.05) is 12.1 Å². The lowest BCUT2D eigenvalue weighted by Crippen LogP contribution is -2.28. The van der Waals surface area contributed by atoms with Crippen molar-refractivity contribution in [2.24, 2.45) is 0 Å². The third-order valence-corrected chi connectivity index (χ3v) is 2.37. The van der Waals surface area contributed by atoms with Crippen LogP contribution in [0.4, 0.5) is 5.69 Å². The van der Waals surface area contributed by atoms with E-state index in [0.717, 1.165) is 12.2 Å². The van der Waals surface area contributed by atoms with Gasteiger partial charge in [0.1, 0.15) is 6.07 Å². The number of nitrogens with zero attached hydrogens (tertiary/aromatic N) is 2. The molecule has 0 aliphatic carbocycles. The Labute approximate surface area is 90.9 Å². The van der Waals surface area contributed by atoms with Crippen LogP contribution in [-0.2, 0) is 4.74 Å². The fourth-order valence-electron chi connectivity index (χ4n) is 1.46. The Morgan fingerprint density at radius 3 is 2.73 bits per heavy atom. The van der Waals surface area contributed by atoms with Crippen molar-refractivity contribution >= 4 is 5.69 Å². The summed E-state index contributed by atoms with van der Waals surface area (Å²) in [5, 5.41) is 8.95. The lowest BCUT2D eigenvalue weighted by Gasteiger charge is -2.23. The van der Waals surface area contributed by atoms with Crippen molar-refractivity contribution in [2.75, 3.05) is 25.6 Å². The van der Waals surface area contributed by atoms with Crippen molar-refractivity contribution in [1.29, 1.82) is 5.26 Å². The molecule has 0 saturated heterocycles. The predicted octanol–water partition coefficient (Wildman–Crippen LogP) is 2.03. The number of nitriles is 1. The van der Waals surface area contributed by atoms with Crippen LogP contribution in [0.15, 0.2) is 24.3 Å². The standard InChI is InChI=1S/C12H16N2O/c1-10(15-3)9-14(2)12-7-5-4-6-11(12)8-13/h4-7,10H,9H2,1-3H3. The summed E-state index contributed by atoms with van der Waals surface area (Å²) in [7, 11) is 3.65. The third kappa shape index (κ3) is 2.97. The first-order chi connectivity index (χ1) is 7.19. The number of ether oxygens (including phenoxy) is 1. The molecule has 3 heteroatoms. The van der Waals surface area contributed by atoms with Crippen LogP contribution < -0.4 is 4.90 Å². The van der Waals surface area contributed by atoms with E-state index in [-0.39, 0.29) is 6.10 Å². The van der Waals surface area contributed by atoms with Gasteiger partial charge in [0, 0.05) is 20.7 Å². The van der Waals surface area contributed by atoms with E-state index in [9.17, 15) is 0 Å². The minimum atomic E-state index is 0.154. The lowest BCUT2D eigenvalue weighted by atomic mass is 10.2. The molecule has 0 saturated carbocycles. The zero-order valence-electron chi connectivity index (χ0n) is 9.40. The Morgan fingerprint density at radius 2 is 2.13 bits per heavy atom. The molecule has 0 heterocycles. The maximum atomic E-state index is 8.95. The average Bonchev–Trinajstić information content (AvgIpc) is 2.28. The lowest BCUT2D eigenvalue weighted by molar-refractivity contribution is 0.124. The van der Waals surface area contributed by atoms with Gasteiger partial charge in [-0.2, -0.15) is 5.26 Å². The van der Waals surface area contributed by atoms with Crippen molar-refractivity contribution in [2.45, 2.75) is 13.0 Å². The van der Waals surface area contributed by atoms with E-state index in [2.05, 4.69) is 6.07 Å². The van der Waals surface area contributed by atoms with Crippen LogP contribution in [0.1, 0.15) is 12.5 Å². The summed E-state index contributed by atoms with van der Waals surface area (Å²) in [6.45, 7) is 2.78. The second-order valence-electron chi connectivity index (χ2n) is 3.56. The molecule has 0 radical (unpaired) electrons. The highest BCUT2D eigenvalue weighted by Gasteiger charge is 2.09. The molecule has 0 aromatic heterocycles. The highest BCUT2D eigenvalue weighted by atomic mass is 16.5. The van der Waals surface area contributed by atoms with Gasteiger partial charge >= 0.3 is 0 Å². The molecule has 1 aromatic rings. The van der Waals surface area contributed by atoms with Crippen LogP contribution in [-0.4, -0.2) is 26.8 Å². The summed E-state index contributed by atoms with van der Waals surface area (Å²) >= 11 is 0. The van der Waals surface area contributed by atoms with E-state index in [0.29, 0.717) is 5.56 Å². The number of hydrogen-bond donors (Lipinski definition) is 0. The smallest absolute Gasteiger partial charge is 0.101 e. The minimum Gasteiger partial charge on any atom is -0.380 e. The van der Waals surface area contributed by atoms with Gasteiger partial charge in [0.25, 0.3) is 0 Å². The van der Waals surface area contributed by atoms with Crippen molar-refractivity contribution in [3.05, 3.63) is 29.8 Å². The second-order valence-corrected chi connectivity index (χ2v) is 3.56. The number of likely N-dealkylation sites (N-methyl/N-ethyl adjacent to an activating group) is 1. The van der Waals surface area contributed by atoms with E-state index in [1.807, 2.05) is 43.1 Å². The molecule has 0 amide bonds. The fraction of sp³-hybridized carbons (Fsp3) is 0.417. The van der Waals surface area contributed by atoms with Crippen LogP contribution >= 0.6 is 0 Å². The van der Waals surface area contributed by atoms with Crippen LogP contribution in [0, 0.1) is 11.3 Å². The fourth-order valence-corrected chi connectivity index (χ4v) is 1.46. The molecular weight excluding hydrogens is 188 g/mol. The molecule has 0 aliphatic rings. The third-order valence-electron chi connectivity index (χ3n) is 2.37. The van der Waals surface area contributed by atoms with Crippen LogP contribution in [0.3, 0.4) is 0 Å². The Morgan fingerprint density at radius 1 is 1.47 bits per heavy atom.